The van der Waals surface area contributed by atoms with Gasteiger partial charge in [0, 0.05) is 5.02 Å². The Hall–Kier alpha value is -1.61. The maximum Gasteiger partial charge on any atom is 0.238 e. The summed E-state index contributed by atoms with van der Waals surface area (Å²) in [5, 5.41) is 0.548. The summed E-state index contributed by atoms with van der Waals surface area (Å²) < 4.78 is 0. The van der Waals surface area contributed by atoms with Crippen LogP contribution in [0.1, 0.15) is 18.4 Å². The first-order valence-corrected chi connectivity index (χ1v) is 7.78. The van der Waals surface area contributed by atoms with E-state index in [9.17, 15) is 9.59 Å². The van der Waals surface area contributed by atoms with Crippen LogP contribution in [0.15, 0.2) is 30.4 Å². The zero-order valence-corrected chi connectivity index (χ0v) is 12.5. The first kappa shape index (κ1) is 13.1. The Morgan fingerprint density at radius 3 is 2.14 bits per heavy atom. The maximum atomic E-state index is 12.8. The minimum Gasteiger partial charge on any atom is -0.274 e. The van der Waals surface area contributed by atoms with Gasteiger partial charge in [-0.2, -0.15) is 0 Å². The molecule has 2 bridgehead atoms. The van der Waals surface area contributed by atoms with E-state index < -0.39 is 0 Å². The van der Waals surface area contributed by atoms with Crippen molar-refractivity contribution < 1.29 is 9.59 Å². The van der Waals surface area contributed by atoms with Gasteiger partial charge in [0.05, 0.1) is 17.5 Å². The Morgan fingerprint density at radius 1 is 1.05 bits per heavy atom. The molecule has 1 saturated carbocycles. The Morgan fingerprint density at radius 2 is 1.62 bits per heavy atom. The molecule has 4 aliphatic rings. The predicted molar refractivity (Wildman–Crippen MR) is 81.0 cm³/mol. The topological polar surface area (TPSA) is 37.4 Å². The third-order valence-electron chi connectivity index (χ3n) is 5.17. The number of benzene rings is 1. The average Bonchev–Trinajstić information content (AvgIpc) is 2.77. The van der Waals surface area contributed by atoms with Gasteiger partial charge in [-0.15, -0.1) is 0 Å². The predicted octanol–water partition coefficient (Wildman–Crippen LogP) is 3.35. The van der Waals surface area contributed by atoms with Crippen LogP contribution in [-0.4, -0.2) is 11.8 Å². The fraction of sp³-hybridized carbons (Fsp3) is 0.412. The van der Waals surface area contributed by atoms with Crippen molar-refractivity contribution >= 4 is 29.1 Å². The largest absolute Gasteiger partial charge is 0.274 e. The number of carbonyl (C=O) groups excluding carboxylic acids is 2. The normalized spacial score (nSPS) is 33.7. The lowest BCUT2D eigenvalue weighted by atomic mass is 9.63. The molecule has 3 nitrogen and oxygen atoms in total. The van der Waals surface area contributed by atoms with Gasteiger partial charge in [-0.05, 0) is 49.3 Å². The molecule has 0 N–H and O–H groups in total. The van der Waals surface area contributed by atoms with Crippen LogP contribution in [0.25, 0.3) is 0 Å². The van der Waals surface area contributed by atoms with Crippen LogP contribution in [0.4, 0.5) is 5.69 Å². The molecule has 0 unspecified atom stereocenters. The second-order valence-corrected chi connectivity index (χ2v) is 6.72. The average molecular weight is 302 g/mol. The Labute approximate surface area is 128 Å². The minimum absolute atomic E-state index is 0.0468. The molecular weight excluding hydrogens is 286 g/mol. The van der Waals surface area contributed by atoms with Crippen molar-refractivity contribution in [3.05, 3.63) is 40.9 Å². The van der Waals surface area contributed by atoms with Crippen LogP contribution in [-0.2, 0) is 9.59 Å². The summed E-state index contributed by atoms with van der Waals surface area (Å²) in [6, 6.07) is 5.36. The van der Waals surface area contributed by atoms with Gasteiger partial charge in [-0.25, -0.2) is 4.90 Å². The van der Waals surface area contributed by atoms with Crippen LogP contribution in [0.2, 0.25) is 5.02 Å². The van der Waals surface area contributed by atoms with E-state index in [1.165, 1.54) is 4.90 Å². The molecule has 1 aliphatic heterocycles. The second-order valence-electron chi connectivity index (χ2n) is 6.28. The number of allylic oxidation sites excluding steroid dienone is 2. The zero-order valence-electron chi connectivity index (χ0n) is 11.8. The molecule has 1 aromatic carbocycles. The van der Waals surface area contributed by atoms with Crippen molar-refractivity contribution in [3.63, 3.8) is 0 Å². The molecule has 4 atom stereocenters. The summed E-state index contributed by atoms with van der Waals surface area (Å²) in [4.78, 5) is 27.0. The summed E-state index contributed by atoms with van der Waals surface area (Å²) in [7, 11) is 0. The van der Waals surface area contributed by atoms with Gasteiger partial charge >= 0.3 is 0 Å². The summed E-state index contributed by atoms with van der Waals surface area (Å²) in [5.74, 6) is 0.0185. The molecular formula is C17H16ClNO2. The number of imide groups is 1. The van der Waals surface area contributed by atoms with Crippen LogP contribution in [0.3, 0.4) is 0 Å². The van der Waals surface area contributed by atoms with Gasteiger partial charge in [-0.1, -0.05) is 29.8 Å². The molecule has 1 heterocycles. The molecule has 1 aromatic rings. The van der Waals surface area contributed by atoms with Gasteiger partial charge in [0.25, 0.3) is 0 Å². The van der Waals surface area contributed by atoms with Gasteiger partial charge in [0.2, 0.25) is 11.8 Å². The SMILES string of the molecule is Cc1ccc(Cl)cc1N1C(=O)[C@@H]2[C@H](C1=O)[C@@H]1C=C[C@H]2CC1. The first-order chi connectivity index (χ1) is 10.1. The standard InChI is InChI=1S/C17H16ClNO2/c1-9-2-7-12(18)8-13(9)19-16(20)14-10-3-4-11(6-5-10)15(14)17(19)21/h2-4,7-8,10-11,14-15H,5-6H2,1H3/t10-,11+,14-,15+. The van der Waals surface area contributed by atoms with E-state index in [0.29, 0.717) is 10.7 Å². The molecule has 108 valence electrons. The van der Waals surface area contributed by atoms with E-state index in [1.54, 1.807) is 12.1 Å². The number of hydrogen-bond acceptors (Lipinski definition) is 2. The van der Waals surface area contributed by atoms with E-state index in [1.807, 2.05) is 13.0 Å². The highest BCUT2D eigenvalue weighted by molar-refractivity contribution is 6.31. The van der Waals surface area contributed by atoms with Crippen molar-refractivity contribution in [2.24, 2.45) is 23.7 Å². The molecule has 0 spiro atoms. The van der Waals surface area contributed by atoms with Crippen LogP contribution < -0.4 is 4.90 Å². The number of aryl methyl sites for hydroxylation is 1. The Balaban J connectivity index is 1.80. The maximum absolute atomic E-state index is 12.8. The van der Waals surface area contributed by atoms with Crippen molar-refractivity contribution in [2.45, 2.75) is 19.8 Å². The lowest BCUT2D eigenvalue weighted by Gasteiger charge is -2.38. The van der Waals surface area contributed by atoms with Gasteiger partial charge in [0.1, 0.15) is 0 Å². The zero-order chi connectivity index (χ0) is 14.7. The fourth-order valence-electron chi connectivity index (χ4n) is 4.14. The molecule has 2 amide bonds. The van der Waals surface area contributed by atoms with E-state index in [-0.39, 0.29) is 35.5 Å². The van der Waals surface area contributed by atoms with E-state index >= 15 is 0 Å². The van der Waals surface area contributed by atoms with E-state index in [2.05, 4.69) is 12.2 Å². The molecule has 1 saturated heterocycles. The highest BCUT2D eigenvalue weighted by Crippen LogP contribution is 2.50. The van der Waals surface area contributed by atoms with Crippen molar-refractivity contribution in [1.29, 1.82) is 0 Å². The van der Waals surface area contributed by atoms with Gasteiger partial charge < -0.3 is 0 Å². The molecule has 21 heavy (non-hydrogen) atoms. The third kappa shape index (κ3) is 1.73. The third-order valence-corrected chi connectivity index (χ3v) is 5.41. The number of fused-ring (bicyclic) bond motifs is 1. The Bertz CT molecular complexity index is 649. The molecule has 2 fully saturated rings. The number of hydrogen-bond donors (Lipinski definition) is 0. The van der Waals surface area contributed by atoms with Crippen molar-refractivity contribution in [3.8, 4) is 0 Å². The van der Waals surface area contributed by atoms with E-state index in [0.717, 1.165) is 18.4 Å². The van der Waals surface area contributed by atoms with Crippen LogP contribution >= 0.6 is 11.6 Å². The highest BCUT2D eigenvalue weighted by Gasteiger charge is 2.57. The number of halogens is 1. The fourth-order valence-corrected chi connectivity index (χ4v) is 4.30. The van der Waals surface area contributed by atoms with Gasteiger partial charge in [-0.3, -0.25) is 9.59 Å². The monoisotopic (exact) mass is 301 g/mol. The minimum atomic E-state index is -0.167. The summed E-state index contributed by atoms with van der Waals surface area (Å²) >= 11 is 6.05. The number of amides is 2. The van der Waals surface area contributed by atoms with E-state index in [4.69, 9.17) is 11.6 Å². The smallest absolute Gasteiger partial charge is 0.238 e. The summed E-state index contributed by atoms with van der Waals surface area (Å²) in [5.41, 5.74) is 1.55. The van der Waals surface area contributed by atoms with Crippen molar-refractivity contribution in [2.75, 3.05) is 4.90 Å². The molecule has 4 heteroatoms. The number of carbonyl (C=O) groups is 2. The summed E-state index contributed by atoms with van der Waals surface area (Å²) in [6.45, 7) is 1.90. The molecule has 3 aliphatic carbocycles. The molecule has 0 aromatic heterocycles. The number of nitrogens with zero attached hydrogens (tertiary/aromatic N) is 1. The summed E-state index contributed by atoms with van der Waals surface area (Å²) in [6.07, 6.45) is 6.30. The number of rotatable bonds is 1. The number of anilines is 1. The quantitative estimate of drug-likeness (QED) is 0.589. The van der Waals surface area contributed by atoms with Crippen LogP contribution in [0, 0.1) is 30.6 Å². The Kier molecular flexibility index (Phi) is 2.77. The van der Waals surface area contributed by atoms with Crippen molar-refractivity contribution in [1.82, 2.24) is 0 Å². The molecule has 5 rings (SSSR count). The highest BCUT2D eigenvalue weighted by atomic mass is 35.5. The first-order valence-electron chi connectivity index (χ1n) is 7.40. The lowest BCUT2D eigenvalue weighted by Crippen LogP contribution is -2.38. The lowest BCUT2D eigenvalue weighted by molar-refractivity contribution is -0.124. The second kappa shape index (κ2) is 4.44. The van der Waals surface area contributed by atoms with Crippen LogP contribution in [0.5, 0.6) is 0 Å². The molecule has 0 radical (unpaired) electrons. The van der Waals surface area contributed by atoms with Gasteiger partial charge in [0.15, 0.2) is 0 Å².